The maximum Gasteiger partial charge on any atom is 0.322 e. The number of urea groups is 1. The molecule has 1 aliphatic heterocycles. The van der Waals surface area contributed by atoms with Gasteiger partial charge in [-0.25, -0.2) is 9.78 Å². The molecule has 1 aliphatic rings. The summed E-state index contributed by atoms with van der Waals surface area (Å²) in [7, 11) is 0. The molecule has 1 saturated heterocycles. The van der Waals surface area contributed by atoms with E-state index < -0.39 is 0 Å². The topological polar surface area (TPSA) is 61.0 Å². The summed E-state index contributed by atoms with van der Waals surface area (Å²) >= 11 is 12.1. The number of nitrogens with one attached hydrogen (secondary N) is 2. The normalized spacial score (nSPS) is 17.7. The number of fused-ring (bicyclic) bond motifs is 1. The van der Waals surface area contributed by atoms with Gasteiger partial charge in [-0.3, -0.25) is 4.90 Å². The molecule has 1 aromatic heterocycles. The lowest BCUT2D eigenvalue weighted by Gasteiger charge is -2.23. The molecule has 5 nitrogen and oxygen atoms in total. The van der Waals surface area contributed by atoms with Gasteiger partial charge in [-0.1, -0.05) is 29.3 Å². The predicted octanol–water partition coefficient (Wildman–Crippen LogP) is 4.14. The number of nitrogens with zero attached hydrogens (tertiary/aromatic N) is 2. The van der Waals surface area contributed by atoms with Gasteiger partial charge in [0.1, 0.15) is 0 Å². The summed E-state index contributed by atoms with van der Waals surface area (Å²) in [6.07, 6.45) is 1.63. The Balaban J connectivity index is 1.77. The molecule has 1 atom stereocenters. The molecular formula is C16H12Cl2N4O. The van der Waals surface area contributed by atoms with Crippen LogP contribution in [0.5, 0.6) is 0 Å². The third-order valence-electron chi connectivity index (χ3n) is 3.99. The summed E-state index contributed by atoms with van der Waals surface area (Å²) < 4.78 is 0. The maximum absolute atomic E-state index is 12.3. The number of carbonyl (C=O) groups excluding carboxylic acids is 1. The van der Waals surface area contributed by atoms with E-state index in [-0.39, 0.29) is 12.1 Å². The fourth-order valence-electron chi connectivity index (χ4n) is 2.86. The highest BCUT2D eigenvalue weighted by molar-refractivity contribution is 6.42. The van der Waals surface area contributed by atoms with E-state index in [4.69, 9.17) is 23.2 Å². The Morgan fingerprint density at radius 3 is 2.83 bits per heavy atom. The molecule has 2 amide bonds. The van der Waals surface area contributed by atoms with Crippen molar-refractivity contribution in [2.45, 2.75) is 6.04 Å². The van der Waals surface area contributed by atoms with Gasteiger partial charge in [0.15, 0.2) is 0 Å². The monoisotopic (exact) mass is 346 g/mol. The van der Waals surface area contributed by atoms with Crippen molar-refractivity contribution in [1.82, 2.24) is 15.3 Å². The Morgan fingerprint density at radius 2 is 2.00 bits per heavy atom. The summed E-state index contributed by atoms with van der Waals surface area (Å²) in [5, 5.41) is 3.85. The smallest absolute Gasteiger partial charge is 0.322 e. The van der Waals surface area contributed by atoms with Crippen LogP contribution in [0.3, 0.4) is 0 Å². The van der Waals surface area contributed by atoms with Gasteiger partial charge in [-0.05, 0) is 35.9 Å². The summed E-state index contributed by atoms with van der Waals surface area (Å²) in [6, 6.07) is 10.8. The van der Waals surface area contributed by atoms with Crippen LogP contribution >= 0.6 is 23.2 Å². The van der Waals surface area contributed by atoms with Gasteiger partial charge < -0.3 is 10.3 Å². The second-order valence-corrected chi connectivity index (χ2v) is 6.16. The molecular weight excluding hydrogens is 335 g/mol. The van der Waals surface area contributed by atoms with Crippen LogP contribution in [0.15, 0.2) is 42.7 Å². The number of imidazole rings is 1. The van der Waals surface area contributed by atoms with Crippen molar-refractivity contribution in [3.8, 4) is 0 Å². The minimum atomic E-state index is -0.145. The average molecular weight is 347 g/mol. The van der Waals surface area contributed by atoms with E-state index in [9.17, 15) is 4.79 Å². The number of carbonyl (C=O) groups is 1. The molecule has 4 rings (SSSR count). The van der Waals surface area contributed by atoms with Crippen molar-refractivity contribution in [3.05, 3.63) is 58.3 Å². The van der Waals surface area contributed by atoms with Crippen LogP contribution in [-0.2, 0) is 0 Å². The van der Waals surface area contributed by atoms with Crippen LogP contribution in [0.4, 0.5) is 10.5 Å². The lowest BCUT2D eigenvalue weighted by atomic mass is 10.1. The number of hydrogen-bond acceptors (Lipinski definition) is 2. The van der Waals surface area contributed by atoms with E-state index in [0.717, 1.165) is 22.3 Å². The zero-order chi connectivity index (χ0) is 16.0. The molecule has 1 fully saturated rings. The van der Waals surface area contributed by atoms with Gasteiger partial charge in [0.2, 0.25) is 0 Å². The Labute approximate surface area is 142 Å². The average Bonchev–Trinajstić information content (AvgIpc) is 3.15. The zero-order valence-corrected chi connectivity index (χ0v) is 13.4. The number of hydrogen-bond donors (Lipinski definition) is 2. The first-order valence-electron chi connectivity index (χ1n) is 7.08. The molecule has 0 aliphatic carbocycles. The molecule has 0 saturated carbocycles. The molecule has 0 radical (unpaired) electrons. The molecule has 0 bridgehead atoms. The lowest BCUT2D eigenvalue weighted by Crippen LogP contribution is -2.29. The van der Waals surface area contributed by atoms with Crippen LogP contribution in [-0.4, -0.2) is 22.5 Å². The Hall–Kier alpha value is -2.24. The lowest BCUT2D eigenvalue weighted by molar-refractivity contribution is 0.251. The third-order valence-corrected chi connectivity index (χ3v) is 4.73. The first-order valence-corrected chi connectivity index (χ1v) is 7.84. The number of benzene rings is 2. The van der Waals surface area contributed by atoms with Gasteiger partial charge >= 0.3 is 6.03 Å². The SMILES string of the molecule is O=C1NC[C@H](c2ccc(Cl)c(Cl)c2)N1c1ccc2[nH]cnc2c1. The van der Waals surface area contributed by atoms with Crippen molar-refractivity contribution in [1.29, 1.82) is 0 Å². The van der Waals surface area contributed by atoms with Gasteiger partial charge in [-0.2, -0.15) is 0 Å². The molecule has 116 valence electrons. The van der Waals surface area contributed by atoms with Crippen molar-refractivity contribution < 1.29 is 4.79 Å². The minimum absolute atomic E-state index is 0.143. The van der Waals surface area contributed by atoms with Crippen LogP contribution in [0.25, 0.3) is 11.0 Å². The highest BCUT2D eigenvalue weighted by atomic mass is 35.5. The maximum atomic E-state index is 12.3. The summed E-state index contributed by atoms with van der Waals surface area (Å²) in [5.74, 6) is 0. The third kappa shape index (κ3) is 2.42. The molecule has 2 heterocycles. The number of H-pyrrole nitrogens is 1. The number of rotatable bonds is 2. The van der Waals surface area contributed by atoms with Crippen LogP contribution in [0.1, 0.15) is 11.6 Å². The molecule has 23 heavy (non-hydrogen) atoms. The van der Waals surface area contributed by atoms with E-state index in [1.807, 2.05) is 24.3 Å². The first-order chi connectivity index (χ1) is 11.1. The Bertz CT molecular complexity index is 908. The quantitative estimate of drug-likeness (QED) is 0.732. The molecule has 7 heteroatoms. The van der Waals surface area contributed by atoms with Crippen molar-refractivity contribution >= 4 is 46.0 Å². The molecule has 2 N–H and O–H groups in total. The number of anilines is 1. The van der Waals surface area contributed by atoms with Crippen LogP contribution < -0.4 is 10.2 Å². The van der Waals surface area contributed by atoms with Gasteiger partial charge in [0.25, 0.3) is 0 Å². The fraction of sp³-hybridized carbons (Fsp3) is 0.125. The highest BCUT2D eigenvalue weighted by Gasteiger charge is 2.33. The van der Waals surface area contributed by atoms with Gasteiger partial charge in [-0.15, -0.1) is 0 Å². The first kappa shape index (κ1) is 14.4. The molecule has 0 spiro atoms. The summed E-state index contributed by atoms with van der Waals surface area (Å²) in [6.45, 7) is 0.509. The summed E-state index contributed by atoms with van der Waals surface area (Å²) in [4.78, 5) is 21.3. The van der Waals surface area contributed by atoms with Crippen molar-refractivity contribution in [3.63, 3.8) is 0 Å². The molecule has 0 unspecified atom stereocenters. The van der Waals surface area contributed by atoms with Crippen LogP contribution in [0, 0.1) is 0 Å². The standard InChI is InChI=1S/C16H12Cl2N4O/c17-11-3-1-9(5-12(11)18)15-7-19-16(23)22(15)10-2-4-13-14(6-10)21-8-20-13/h1-6,8,15H,7H2,(H,19,23)(H,20,21)/t15-/m1/s1. The highest BCUT2D eigenvalue weighted by Crippen LogP contribution is 2.34. The molecule has 2 aromatic carbocycles. The number of aromatic nitrogens is 2. The number of halogens is 2. The molecule has 3 aromatic rings. The Morgan fingerprint density at radius 1 is 1.13 bits per heavy atom. The fourth-order valence-corrected chi connectivity index (χ4v) is 3.16. The van der Waals surface area contributed by atoms with E-state index in [0.29, 0.717) is 16.6 Å². The minimum Gasteiger partial charge on any atom is -0.345 e. The van der Waals surface area contributed by atoms with E-state index in [1.165, 1.54) is 0 Å². The van der Waals surface area contributed by atoms with E-state index >= 15 is 0 Å². The van der Waals surface area contributed by atoms with E-state index in [1.54, 1.807) is 23.4 Å². The van der Waals surface area contributed by atoms with Gasteiger partial charge in [0, 0.05) is 12.2 Å². The van der Waals surface area contributed by atoms with Crippen molar-refractivity contribution in [2.24, 2.45) is 0 Å². The predicted molar refractivity (Wildman–Crippen MR) is 91.2 cm³/mol. The summed E-state index contributed by atoms with van der Waals surface area (Å²) in [5.41, 5.74) is 3.46. The second-order valence-electron chi connectivity index (χ2n) is 5.35. The zero-order valence-electron chi connectivity index (χ0n) is 11.9. The number of amides is 2. The second kappa shape index (κ2) is 5.44. The Kier molecular flexibility index (Phi) is 3.39. The van der Waals surface area contributed by atoms with Crippen molar-refractivity contribution in [2.75, 3.05) is 11.4 Å². The largest absolute Gasteiger partial charge is 0.345 e. The number of aromatic amines is 1. The van der Waals surface area contributed by atoms with Crippen LogP contribution in [0.2, 0.25) is 10.0 Å². The van der Waals surface area contributed by atoms with E-state index in [2.05, 4.69) is 15.3 Å². The van der Waals surface area contributed by atoms with Gasteiger partial charge in [0.05, 0.1) is 33.4 Å².